The highest BCUT2D eigenvalue weighted by Crippen LogP contribution is 2.22. The molecular formula is C14H10N4O. The fraction of sp³-hybridized carbons (Fsp3) is 0. The minimum absolute atomic E-state index is 0.724. The summed E-state index contributed by atoms with van der Waals surface area (Å²) in [4.78, 5) is 9.92. The molecule has 0 bridgehead atoms. The number of hydrogen-bond acceptors (Lipinski definition) is 3. The van der Waals surface area contributed by atoms with Crippen molar-refractivity contribution in [1.82, 2.24) is 19.3 Å². The van der Waals surface area contributed by atoms with E-state index in [2.05, 4.69) is 16.1 Å². The zero-order valence-corrected chi connectivity index (χ0v) is 9.97. The van der Waals surface area contributed by atoms with Gasteiger partial charge in [0, 0.05) is 23.8 Å². The summed E-state index contributed by atoms with van der Waals surface area (Å²) in [6.07, 6.45) is 6.98. The van der Waals surface area contributed by atoms with Crippen molar-refractivity contribution >= 4 is 16.4 Å². The van der Waals surface area contributed by atoms with Gasteiger partial charge in [-0.2, -0.15) is 9.83 Å². The maximum Gasteiger partial charge on any atom is 0.184 e. The van der Waals surface area contributed by atoms with Crippen molar-refractivity contribution in [2.45, 2.75) is 0 Å². The normalized spacial score (nSPS) is 11.2. The highest BCUT2D eigenvalue weighted by Gasteiger charge is 2.07. The molecule has 0 aliphatic rings. The molecule has 0 fully saturated rings. The zero-order valence-electron chi connectivity index (χ0n) is 9.97. The van der Waals surface area contributed by atoms with E-state index in [0.29, 0.717) is 0 Å². The third-order valence-corrected chi connectivity index (χ3v) is 3.07. The lowest BCUT2D eigenvalue weighted by molar-refractivity contribution is 0.232. The number of fused-ring (bicyclic) bond motifs is 2. The standard InChI is InChI=1S/C14H10N4O/c1-2-4-12-11(3-1)5-8-18(12)19-14-6-7-17-13(14)9-15-10-16-17/h1-10H. The van der Waals surface area contributed by atoms with E-state index in [-0.39, 0.29) is 0 Å². The first kappa shape index (κ1) is 10.1. The second-order valence-corrected chi connectivity index (χ2v) is 4.21. The minimum atomic E-state index is 0.724. The topological polar surface area (TPSA) is 44.4 Å². The molecule has 4 aromatic rings. The lowest BCUT2D eigenvalue weighted by Gasteiger charge is -2.06. The number of para-hydroxylation sites is 1. The Hall–Kier alpha value is -2.82. The summed E-state index contributed by atoms with van der Waals surface area (Å²) in [5.74, 6) is 0.724. The Morgan fingerprint density at radius 2 is 1.89 bits per heavy atom. The van der Waals surface area contributed by atoms with E-state index >= 15 is 0 Å². The second-order valence-electron chi connectivity index (χ2n) is 4.21. The van der Waals surface area contributed by atoms with Crippen LogP contribution in [0.15, 0.2) is 61.3 Å². The molecule has 0 amide bonds. The summed E-state index contributed by atoms with van der Waals surface area (Å²) >= 11 is 0. The molecule has 3 heterocycles. The monoisotopic (exact) mass is 250 g/mol. The lowest BCUT2D eigenvalue weighted by atomic mass is 10.3. The molecule has 0 unspecified atom stereocenters. The third-order valence-electron chi connectivity index (χ3n) is 3.07. The van der Waals surface area contributed by atoms with Crippen LogP contribution in [0.5, 0.6) is 5.75 Å². The molecule has 19 heavy (non-hydrogen) atoms. The fourth-order valence-corrected chi connectivity index (χ4v) is 2.15. The first-order valence-corrected chi connectivity index (χ1v) is 5.93. The Morgan fingerprint density at radius 3 is 2.89 bits per heavy atom. The molecule has 5 heteroatoms. The molecule has 5 nitrogen and oxygen atoms in total. The molecule has 4 rings (SSSR count). The van der Waals surface area contributed by atoms with Crippen molar-refractivity contribution in [3.8, 4) is 5.75 Å². The summed E-state index contributed by atoms with van der Waals surface area (Å²) < 4.78 is 3.48. The van der Waals surface area contributed by atoms with Crippen molar-refractivity contribution < 1.29 is 4.84 Å². The van der Waals surface area contributed by atoms with Gasteiger partial charge in [-0.25, -0.2) is 9.50 Å². The molecule has 0 saturated carbocycles. The van der Waals surface area contributed by atoms with Crippen molar-refractivity contribution in [3.05, 3.63) is 61.3 Å². The summed E-state index contributed by atoms with van der Waals surface area (Å²) in [5, 5.41) is 5.25. The van der Waals surface area contributed by atoms with Gasteiger partial charge in [0.15, 0.2) is 5.75 Å². The molecule has 3 aromatic heterocycles. The van der Waals surface area contributed by atoms with Crippen LogP contribution in [-0.2, 0) is 0 Å². The molecular weight excluding hydrogens is 240 g/mol. The van der Waals surface area contributed by atoms with E-state index in [0.717, 1.165) is 22.2 Å². The Labute approximate surface area is 108 Å². The lowest BCUT2D eigenvalue weighted by Crippen LogP contribution is -2.03. The minimum Gasteiger partial charge on any atom is -0.373 e. The summed E-state index contributed by atoms with van der Waals surface area (Å²) in [6, 6.07) is 12.0. The molecule has 0 aliphatic heterocycles. The van der Waals surface area contributed by atoms with Gasteiger partial charge in [-0.05, 0) is 12.1 Å². The molecule has 0 spiro atoms. The number of benzene rings is 1. The fourth-order valence-electron chi connectivity index (χ4n) is 2.15. The van der Waals surface area contributed by atoms with Gasteiger partial charge in [0.1, 0.15) is 11.8 Å². The molecule has 1 aromatic carbocycles. The van der Waals surface area contributed by atoms with Crippen molar-refractivity contribution in [1.29, 1.82) is 0 Å². The average molecular weight is 250 g/mol. The molecule has 92 valence electrons. The van der Waals surface area contributed by atoms with E-state index in [4.69, 9.17) is 4.84 Å². The van der Waals surface area contributed by atoms with E-state index in [9.17, 15) is 0 Å². The number of aromatic nitrogens is 4. The van der Waals surface area contributed by atoms with E-state index in [1.165, 1.54) is 6.33 Å². The van der Waals surface area contributed by atoms with Gasteiger partial charge in [0.05, 0.1) is 11.7 Å². The smallest absolute Gasteiger partial charge is 0.184 e. The molecule has 0 atom stereocenters. The first-order valence-electron chi connectivity index (χ1n) is 5.93. The Kier molecular flexibility index (Phi) is 2.05. The number of nitrogens with zero attached hydrogens (tertiary/aromatic N) is 4. The summed E-state index contributed by atoms with van der Waals surface area (Å²) in [5.41, 5.74) is 1.86. The van der Waals surface area contributed by atoms with Crippen molar-refractivity contribution in [2.75, 3.05) is 0 Å². The zero-order chi connectivity index (χ0) is 12.7. The number of hydrogen-bond donors (Lipinski definition) is 0. The van der Waals surface area contributed by atoms with Crippen LogP contribution in [0.3, 0.4) is 0 Å². The van der Waals surface area contributed by atoms with E-state index in [1.54, 1.807) is 15.4 Å². The SMILES string of the molecule is c1ccc2c(c1)ccn2Oc1ccn2ncncc12. The van der Waals surface area contributed by atoms with Crippen LogP contribution in [0, 0.1) is 0 Å². The predicted molar refractivity (Wildman–Crippen MR) is 71.0 cm³/mol. The van der Waals surface area contributed by atoms with Gasteiger partial charge in [-0.1, -0.05) is 18.2 Å². The molecule has 0 N–H and O–H groups in total. The van der Waals surface area contributed by atoms with Crippen LogP contribution in [-0.4, -0.2) is 19.3 Å². The second kappa shape index (κ2) is 3.84. The van der Waals surface area contributed by atoms with Gasteiger partial charge in [-0.3, -0.25) is 0 Å². The molecule has 0 aliphatic carbocycles. The molecule has 0 saturated heterocycles. The quantitative estimate of drug-likeness (QED) is 0.549. The maximum atomic E-state index is 5.90. The van der Waals surface area contributed by atoms with Gasteiger partial charge in [-0.15, -0.1) is 0 Å². The maximum absolute atomic E-state index is 5.90. The Morgan fingerprint density at radius 1 is 0.947 bits per heavy atom. The Balaban J connectivity index is 1.82. The predicted octanol–water partition coefficient (Wildman–Crippen LogP) is 2.53. The van der Waals surface area contributed by atoms with Crippen molar-refractivity contribution in [3.63, 3.8) is 0 Å². The van der Waals surface area contributed by atoms with Gasteiger partial charge >= 0.3 is 0 Å². The van der Waals surface area contributed by atoms with Gasteiger partial charge in [0.25, 0.3) is 0 Å². The van der Waals surface area contributed by atoms with E-state index in [1.807, 2.05) is 42.7 Å². The number of rotatable bonds is 2. The summed E-state index contributed by atoms with van der Waals surface area (Å²) in [7, 11) is 0. The van der Waals surface area contributed by atoms with E-state index < -0.39 is 0 Å². The summed E-state index contributed by atoms with van der Waals surface area (Å²) in [6.45, 7) is 0. The largest absolute Gasteiger partial charge is 0.373 e. The molecule has 0 radical (unpaired) electrons. The first-order chi connectivity index (χ1) is 9.42. The highest BCUT2D eigenvalue weighted by molar-refractivity contribution is 5.79. The van der Waals surface area contributed by atoms with Crippen LogP contribution in [0.1, 0.15) is 0 Å². The van der Waals surface area contributed by atoms with Crippen LogP contribution < -0.4 is 4.84 Å². The van der Waals surface area contributed by atoms with Gasteiger partial charge < -0.3 is 4.84 Å². The van der Waals surface area contributed by atoms with Crippen LogP contribution >= 0.6 is 0 Å². The van der Waals surface area contributed by atoms with Crippen molar-refractivity contribution in [2.24, 2.45) is 0 Å². The Bertz CT molecular complexity index is 790. The highest BCUT2D eigenvalue weighted by atomic mass is 16.7. The van der Waals surface area contributed by atoms with Crippen LogP contribution in [0.25, 0.3) is 16.4 Å². The third kappa shape index (κ3) is 1.55. The average Bonchev–Trinajstić information content (AvgIpc) is 3.05. The van der Waals surface area contributed by atoms with Crippen LogP contribution in [0.4, 0.5) is 0 Å². The van der Waals surface area contributed by atoms with Gasteiger partial charge in [0.2, 0.25) is 0 Å². The van der Waals surface area contributed by atoms with Crippen LogP contribution in [0.2, 0.25) is 0 Å².